The van der Waals surface area contributed by atoms with Gasteiger partial charge in [-0.25, -0.2) is 4.98 Å². The topological polar surface area (TPSA) is 114 Å². The molecule has 0 radical (unpaired) electrons. The zero-order chi connectivity index (χ0) is 22.5. The Hall–Kier alpha value is -3.53. The van der Waals surface area contributed by atoms with E-state index >= 15 is 0 Å². The molecular weight excluding hydrogens is 412 g/mol. The molecule has 0 spiro atoms. The van der Waals surface area contributed by atoms with Gasteiger partial charge in [-0.2, -0.15) is 0 Å². The molecule has 2 aromatic heterocycles. The van der Waals surface area contributed by atoms with Crippen LogP contribution in [0, 0.1) is 6.92 Å². The number of fused-ring (bicyclic) bond motifs is 1. The van der Waals surface area contributed by atoms with Crippen LogP contribution in [0.25, 0.3) is 10.9 Å². The van der Waals surface area contributed by atoms with Crippen LogP contribution in [0.1, 0.15) is 22.7 Å². The highest BCUT2D eigenvalue weighted by Crippen LogP contribution is 2.09. The van der Waals surface area contributed by atoms with Gasteiger partial charge in [0.1, 0.15) is 5.76 Å². The summed E-state index contributed by atoms with van der Waals surface area (Å²) in [6, 6.07) is 8.81. The number of para-hydroxylation sites is 1. The summed E-state index contributed by atoms with van der Waals surface area (Å²) in [5.41, 5.74) is 0.844. The highest BCUT2D eigenvalue weighted by atomic mass is 16.5. The van der Waals surface area contributed by atoms with Gasteiger partial charge >= 0.3 is 0 Å². The van der Waals surface area contributed by atoms with Gasteiger partial charge in [0.2, 0.25) is 5.91 Å². The van der Waals surface area contributed by atoms with Crippen LogP contribution in [0.15, 0.2) is 46.0 Å². The van der Waals surface area contributed by atoms with Crippen LogP contribution in [0.5, 0.6) is 0 Å². The van der Waals surface area contributed by atoms with Crippen molar-refractivity contribution < 1.29 is 14.1 Å². The van der Waals surface area contributed by atoms with Crippen LogP contribution >= 0.6 is 0 Å². The largest absolute Gasteiger partial charge is 0.361 e. The summed E-state index contributed by atoms with van der Waals surface area (Å²) in [7, 11) is 0. The van der Waals surface area contributed by atoms with E-state index in [-0.39, 0.29) is 30.3 Å². The second-order valence-electron chi connectivity index (χ2n) is 7.82. The average molecular weight is 438 g/mol. The third kappa shape index (κ3) is 5.02. The van der Waals surface area contributed by atoms with Gasteiger partial charge in [0.25, 0.3) is 11.5 Å². The van der Waals surface area contributed by atoms with Crippen molar-refractivity contribution in [1.82, 2.24) is 29.8 Å². The normalized spacial score (nSPS) is 14.6. The number of nitrogens with one attached hydrogen (secondary N) is 1. The van der Waals surface area contributed by atoms with E-state index < -0.39 is 0 Å². The van der Waals surface area contributed by atoms with Crippen molar-refractivity contribution in [3.05, 3.63) is 58.5 Å². The first-order valence-electron chi connectivity index (χ1n) is 10.7. The first-order valence-corrected chi connectivity index (χ1v) is 10.7. The molecule has 0 bridgehead atoms. The molecule has 32 heavy (non-hydrogen) atoms. The lowest BCUT2D eigenvalue weighted by atomic mass is 10.2. The van der Waals surface area contributed by atoms with Gasteiger partial charge in [-0.1, -0.05) is 17.3 Å². The Kier molecular flexibility index (Phi) is 6.60. The van der Waals surface area contributed by atoms with E-state index in [1.165, 1.54) is 10.9 Å². The number of amides is 2. The molecule has 168 valence electrons. The van der Waals surface area contributed by atoms with Crippen molar-refractivity contribution in [1.29, 1.82) is 0 Å². The van der Waals surface area contributed by atoms with Gasteiger partial charge in [-0.15, -0.1) is 0 Å². The molecule has 10 heteroatoms. The van der Waals surface area contributed by atoms with Crippen molar-refractivity contribution >= 4 is 22.7 Å². The fraction of sp³-hybridized carbons (Fsp3) is 0.409. The molecule has 3 aromatic rings. The molecule has 1 saturated heterocycles. The molecule has 0 atom stereocenters. The monoisotopic (exact) mass is 438 g/mol. The standard InChI is InChI=1S/C22H26N6O4/c1-16-14-19(25-32-16)22(31)27-12-10-26(11-13-27)9-7-23-20(29)6-8-28-15-24-18-5-3-2-4-17(18)21(28)30/h2-5,14-15H,6-13H2,1H3,(H,23,29). The van der Waals surface area contributed by atoms with E-state index in [0.717, 1.165) is 13.1 Å². The molecule has 3 heterocycles. The van der Waals surface area contributed by atoms with E-state index in [4.69, 9.17) is 4.52 Å². The molecule has 0 unspecified atom stereocenters. The molecule has 2 amide bonds. The lowest BCUT2D eigenvalue weighted by Gasteiger charge is -2.34. The summed E-state index contributed by atoms with van der Waals surface area (Å²) in [6.45, 7) is 5.94. The van der Waals surface area contributed by atoms with E-state index in [0.29, 0.717) is 48.5 Å². The first kappa shape index (κ1) is 21.7. The SMILES string of the molecule is Cc1cc(C(=O)N2CCN(CCNC(=O)CCn3cnc4ccccc4c3=O)CC2)no1. The zero-order valence-electron chi connectivity index (χ0n) is 18.0. The minimum Gasteiger partial charge on any atom is -0.361 e. The van der Waals surface area contributed by atoms with Gasteiger partial charge in [-0.3, -0.25) is 23.9 Å². The van der Waals surface area contributed by atoms with Crippen LogP contribution in [0.2, 0.25) is 0 Å². The third-order valence-corrected chi connectivity index (χ3v) is 5.57. The molecule has 10 nitrogen and oxygen atoms in total. The Balaban J connectivity index is 1.17. The van der Waals surface area contributed by atoms with Crippen molar-refractivity contribution in [3.8, 4) is 0 Å². The van der Waals surface area contributed by atoms with Crippen molar-refractivity contribution in [2.24, 2.45) is 0 Å². The maximum Gasteiger partial charge on any atom is 0.276 e. The first-order chi connectivity index (χ1) is 15.5. The van der Waals surface area contributed by atoms with E-state index in [2.05, 4.69) is 20.4 Å². The van der Waals surface area contributed by atoms with Crippen LogP contribution in [0.4, 0.5) is 0 Å². The van der Waals surface area contributed by atoms with Gasteiger partial charge in [0, 0.05) is 58.3 Å². The number of aromatic nitrogens is 3. The Labute approximate surface area is 184 Å². The molecule has 0 aliphatic carbocycles. The van der Waals surface area contributed by atoms with E-state index in [1.807, 2.05) is 6.07 Å². The Morgan fingerprint density at radius 2 is 1.91 bits per heavy atom. The number of hydrogen-bond donors (Lipinski definition) is 1. The molecule has 1 aliphatic rings. The van der Waals surface area contributed by atoms with Gasteiger partial charge in [0.05, 0.1) is 17.2 Å². The van der Waals surface area contributed by atoms with Crippen LogP contribution in [-0.2, 0) is 11.3 Å². The summed E-state index contributed by atoms with van der Waals surface area (Å²) < 4.78 is 6.44. The number of carbonyl (C=O) groups is 2. The van der Waals surface area contributed by atoms with Crippen molar-refractivity contribution in [2.45, 2.75) is 19.9 Å². The minimum absolute atomic E-state index is 0.111. The predicted molar refractivity (Wildman–Crippen MR) is 117 cm³/mol. The van der Waals surface area contributed by atoms with Gasteiger partial charge in [0.15, 0.2) is 5.69 Å². The van der Waals surface area contributed by atoms with E-state index in [1.54, 1.807) is 36.1 Å². The second kappa shape index (κ2) is 9.73. The Morgan fingerprint density at radius 1 is 1.12 bits per heavy atom. The third-order valence-electron chi connectivity index (χ3n) is 5.57. The summed E-state index contributed by atoms with van der Waals surface area (Å²) >= 11 is 0. The Morgan fingerprint density at radius 3 is 2.66 bits per heavy atom. The smallest absolute Gasteiger partial charge is 0.276 e. The number of aryl methyl sites for hydroxylation is 2. The molecule has 1 aromatic carbocycles. The maximum atomic E-state index is 12.5. The van der Waals surface area contributed by atoms with Crippen LogP contribution < -0.4 is 10.9 Å². The summed E-state index contributed by atoms with van der Waals surface area (Å²) in [4.78, 5) is 45.3. The molecular formula is C22H26N6O4. The lowest BCUT2D eigenvalue weighted by molar-refractivity contribution is -0.121. The molecule has 1 fully saturated rings. The molecule has 0 saturated carbocycles. The van der Waals surface area contributed by atoms with Crippen LogP contribution in [0.3, 0.4) is 0 Å². The number of piperazine rings is 1. The molecule has 1 aliphatic heterocycles. The number of rotatable bonds is 7. The molecule has 1 N–H and O–H groups in total. The summed E-state index contributed by atoms with van der Waals surface area (Å²) in [5.74, 6) is 0.387. The van der Waals surface area contributed by atoms with E-state index in [9.17, 15) is 14.4 Å². The molecule has 4 rings (SSSR count). The number of carbonyl (C=O) groups excluding carboxylic acids is 2. The number of nitrogens with zero attached hydrogens (tertiary/aromatic N) is 5. The fourth-order valence-corrected chi connectivity index (χ4v) is 3.73. The maximum absolute atomic E-state index is 12.5. The quantitative estimate of drug-likeness (QED) is 0.576. The van der Waals surface area contributed by atoms with Crippen molar-refractivity contribution in [2.75, 3.05) is 39.3 Å². The minimum atomic E-state index is -0.142. The lowest BCUT2D eigenvalue weighted by Crippen LogP contribution is -2.50. The van der Waals surface area contributed by atoms with Gasteiger partial charge in [-0.05, 0) is 19.1 Å². The average Bonchev–Trinajstić information content (AvgIpc) is 3.25. The zero-order valence-corrected chi connectivity index (χ0v) is 18.0. The second-order valence-corrected chi connectivity index (χ2v) is 7.82. The summed E-state index contributed by atoms with van der Waals surface area (Å²) in [5, 5.41) is 7.23. The number of hydrogen-bond acceptors (Lipinski definition) is 7. The van der Waals surface area contributed by atoms with Crippen LogP contribution in [-0.4, -0.2) is 75.6 Å². The number of benzene rings is 1. The predicted octanol–water partition coefficient (Wildman–Crippen LogP) is 0.657. The summed E-state index contributed by atoms with van der Waals surface area (Å²) in [6.07, 6.45) is 1.69. The Bertz CT molecular complexity index is 1160. The highest BCUT2D eigenvalue weighted by Gasteiger charge is 2.24. The highest BCUT2D eigenvalue weighted by molar-refractivity contribution is 5.92. The van der Waals surface area contributed by atoms with Gasteiger partial charge < -0.3 is 14.7 Å². The fourth-order valence-electron chi connectivity index (χ4n) is 3.73. The van der Waals surface area contributed by atoms with Crippen molar-refractivity contribution in [3.63, 3.8) is 0 Å².